The van der Waals surface area contributed by atoms with Crippen LogP contribution in [0.15, 0.2) is 17.0 Å². The minimum Gasteiger partial charge on any atom is -0.478 e. The predicted octanol–water partition coefficient (Wildman–Crippen LogP) is 1.18. The summed E-state index contributed by atoms with van der Waals surface area (Å²) in [6.45, 7) is 0.268. The summed E-state index contributed by atoms with van der Waals surface area (Å²) in [5.41, 5.74) is -0.658. The molecule has 1 heterocycles. The zero-order valence-electron chi connectivity index (χ0n) is 10.8. The molecular formula is C12H11ClFNO5S. The highest BCUT2D eigenvalue weighted by atomic mass is 35.5. The number of carboxylic acids is 1. The lowest BCUT2D eigenvalue weighted by molar-refractivity contribution is -0.126. The van der Waals surface area contributed by atoms with E-state index in [0.29, 0.717) is 6.07 Å². The van der Waals surface area contributed by atoms with E-state index in [1.54, 1.807) is 0 Å². The fourth-order valence-corrected chi connectivity index (χ4v) is 4.06. The summed E-state index contributed by atoms with van der Waals surface area (Å²) in [5, 5.41) is 6.92. The molecule has 114 valence electrons. The van der Waals surface area contributed by atoms with Gasteiger partial charge < -0.3 is 10.0 Å². The number of hydrogen-bond donors (Lipinski definition) is 1. The van der Waals surface area contributed by atoms with Crippen molar-refractivity contribution >= 4 is 33.3 Å². The molecule has 1 unspecified atom stereocenters. The van der Waals surface area contributed by atoms with Crippen LogP contribution in [0.5, 0.6) is 0 Å². The second kappa shape index (κ2) is 5.27. The smallest absolute Gasteiger partial charge is 0.337 e. The van der Waals surface area contributed by atoms with Crippen molar-refractivity contribution in [1.82, 2.24) is 4.90 Å². The van der Waals surface area contributed by atoms with Crippen LogP contribution in [0.25, 0.3) is 0 Å². The molecule has 0 bridgehead atoms. The summed E-state index contributed by atoms with van der Waals surface area (Å²) in [5.74, 6) is -3.30. The molecule has 9 heteroatoms. The van der Waals surface area contributed by atoms with Crippen LogP contribution in [0.4, 0.5) is 4.39 Å². The molecule has 1 saturated heterocycles. The molecule has 0 saturated carbocycles. The van der Waals surface area contributed by atoms with Crippen LogP contribution in [0.2, 0.25) is 5.02 Å². The molecule has 0 spiro atoms. The third-order valence-electron chi connectivity index (χ3n) is 3.31. The summed E-state index contributed by atoms with van der Waals surface area (Å²) >= 11 is 5.50. The van der Waals surface area contributed by atoms with E-state index in [1.807, 2.05) is 0 Å². The topological polar surface area (TPSA) is 91.8 Å². The molecular weight excluding hydrogens is 325 g/mol. The second-order valence-corrected chi connectivity index (χ2v) is 7.16. The van der Waals surface area contributed by atoms with Gasteiger partial charge in [-0.3, -0.25) is 4.79 Å². The van der Waals surface area contributed by atoms with Crippen molar-refractivity contribution in [3.8, 4) is 0 Å². The van der Waals surface area contributed by atoms with E-state index in [4.69, 9.17) is 16.7 Å². The summed E-state index contributed by atoms with van der Waals surface area (Å²) in [6, 6.07) is 1.41. The van der Waals surface area contributed by atoms with Gasteiger partial charge in [-0.25, -0.2) is 17.6 Å². The molecule has 6 nitrogen and oxygen atoms in total. The lowest BCUT2D eigenvalue weighted by atomic mass is 10.2. The Labute approximate surface area is 125 Å². The molecule has 1 atom stereocenters. The van der Waals surface area contributed by atoms with Crippen molar-refractivity contribution in [3.05, 3.63) is 28.5 Å². The van der Waals surface area contributed by atoms with Crippen molar-refractivity contribution in [3.63, 3.8) is 0 Å². The van der Waals surface area contributed by atoms with Crippen molar-refractivity contribution in [2.75, 3.05) is 13.6 Å². The normalized spacial score (nSPS) is 19.1. The van der Waals surface area contributed by atoms with Gasteiger partial charge in [-0.1, -0.05) is 11.6 Å². The largest absolute Gasteiger partial charge is 0.478 e. The second-order valence-electron chi connectivity index (χ2n) is 4.65. The van der Waals surface area contributed by atoms with Gasteiger partial charge in [-0.05, 0) is 18.6 Å². The quantitative estimate of drug-likeness (QED) is 0.895. The van der Waals surface area contributed by atoms with Gasteiger partial charge in [-0.15, -0.1) is 0 Å². The Bertz CT molecular complexity index is 733. The first-order valence-corrected chi connectivity index (χ1v) is 7.80. The zero-order chi connectivity index (χ0) is 15.9. The Balaban J connectivity index is 2.56. The first kappa shape index (κ1) is 15.7. The van der Waals surface area contributed by atoms with E-state index in [-0.39, 0.29) is 13.0 Å². The molecule has 1 aromatic rings. The number of nitrogens with zero attached hydrogens (tertiary/aromatic N) is 1. The summed E-state index contributed by atoms with van der Waals surface area (Å²) in [7, 11) is -2.71. The molecule has 1 fully saturated rings. The molecule has 1 aliphatic rings. The third-order valence-corrected chi connectivity index (χ3v) is 5.78. The van der Waals surface area contributed by atoms with E-state index in [2.05, 4.69) is 0 Å². The molecule has 1 aromatic carbocycles. The Morgan fingerprint density at radius 2 is 2.10 bits per heavy atom. The van der Waals surface area contributed by atoms with Crippen LogP contribution in [0, 0.1) is 5.82 Å². The average Bonchev–Trinajstić information content (AvgIpc) is 2.73. The highest BCUT2D eigenvalue weighted by Gasteiger charge is 2.41. The van der Waals surface area contributed by atoms with E-state index >= 15 is 0 Å². The van der Waals surface area contributed by atoms with Crippen molar-refractivity contribution in [2.45, 2.75) is 16.6 Å². The minimum absolute atomic E-state index is 0.0737. The van der Waals surface area contributed by atoms with Crippen molar-refractivity contribution in [2.24, 2.45) is 0 Å². The van der Waals surface area contributed by atoms with Gasteiger partial charge in [0.1, 0.15) is 11.1 Å². The first-order valence-electron chi connectivity index (χ1n) is 5.87. The molecule has 0 aromatic heterocycles. The van der Waals surface area contributed by atoms with Crippen LogP contribution in [0.1, 0.15) is 16.8 Å². The first-order chi connectivity index (χ1) is 9.66. The molecule has 1 amide bonds. The maximum Gasteiger partial charge on any atom is 0.337 e. The van der Waals surface area contributed by atoms with Crippen molar-refractivity contribution in [1.29, 1.82) is 0 Å². The van der Waals surface area contributed by atoms with E-state index < -0.39 is 48.3 Å². The number of rotatable bonds is 3. The van der Waals surface area contributed by atoms with Crippen LogP contribution in [-0.2, 0) is 14.6 Å². The van der Waals surface area contributed by atoms with Crippen LogP contribution >= 0.6 is 11.6 Å². The Hall–Kier alpha value is -1.67. The number of carboxylic acid groups (broad SMARTS) is 1. The fraction of sp³-hybridized carbons (Fsp3) is 0.333. The predicted molar refractivity (Wildman–Crippen MR) is 71.6 cm³/mol. The van der Waals surface area contributed by atoms with E-state index in [9.17, 15) is 22.4 Å². The molecule has 1 N–H and O–H groups in total. The van der Waals surface area contributed by atoms with Gasteiger partial charge >= 0.3 is 5.97 Å². The van der Waals surface area contributed by atoms with Gasteiger partial charge in [0.2, 0.25) is 5.91 Å². The summed E-state index contributed by atoms with van der Waals surface area (Å²) in [4.78, 5) is 23.5. The van der Waals surface area contributed by atoms with Gasteiger partial charge in [0.15, 0.2) is 9.84 Å². The number of carbonyl (C=O) groups excluding carboxylic acids is 1. The van der Waals surface area contributed by atoms with E-state index in [0.717, 1.165) is 6.07 Å². The molecule has 1 aliphatic heterocycles. The summed E-state index contributed by atoms with van der Waals surface area (Å²) in [6.07, 6.45) is 0.0737. The Morgan fingerprint density at radius 1 is 1.48 bits per heavy atom. The van der Waals surface area contributed by atoms with Crippen LogP contribution < -0.4 is 0 Å². The molecule has 21 heavy (non-hydrogen) atoms. The van der Waals surface area contributed by atoms with Gasteiger partial charge in [0.25, 0.3) is 0 Å². The number of likely N-dealkylation sites (tertiary alicyclic amines) is 1. The average molecular weight is 336 g/mol. The highest BCUT2D eigenvalue weighted by Crippen LogP contribution is 2.29. The highest BCUT2D eigenvalue weighted by molar-refractivity contribution is 7.92. The third kappa shape index (κ3) is 2.60. The maximum absolute atomic E-state index is 13.6. The van der Waals surface area contributed by atoms with Crippen molar-refractivity contribution < 1.29 is 27.5 Å². The molecule has 0 radical (unpaired) electrons. The summed E-state index contributed by atoms with van der Waals surface area (Å²) < 4.78 is 38.4. The van der Waals surface area contributed by atoms with Gasteiger partial charge in [0, 0.05) is 13.6 Å². The van der Waals surface area contributed by atoms with Crippen LogP contribution in [0.3, 0.4) is 0 Å². The SMILES string of the molecule is CN1CCC(S(=O)(=O)c2cc(F)c(Cl)c(C(=O)O)c2)C1=O. The Morgan fingerprint density at radius 3 is 2.57 bits per heavy atom. The number of amides is 1. The van der Waals surface area contributed by atoms with Gasteiger partial charge in [0.05, 0.1) is 15.5 Å². The number of aromatic carboxylic acids is 1. The lowest BCUT2D eigenvalue weighted by Gasteiger charge is -2.13. The Kier molecular flexibility index (Phi) is 3.94. The lowest BCUT2D eigenvalue weighted by Crippen LogP contribution is -2.31. The monoisotopic (exact) mass is 335 g/mol. The van der Waals surface area contributed by atoms with Crippen LogP contribution in [-0.4, -0.2) is 49.1 Å². The zero-order valence-corrected chi connectivity index (χ0v) is 12.4. The number of carbonyl (C=O) groups is 2. The van der Waals surface area contributed by atoms with E-state index in [1.165, 1.54) is 11.9 Å². The number of sulfone groups is 1. The minimum atomic E-state index is -4.17. The molecule has 2 rings (SSSR count). The standard InChI is InChI=1S/C12H11ClFNO5S/c1-15-3-2-9(11(15)16)21(19,20)6-4-7(12(17)18)10(13)8(14)5-6/h4-5,9H,2-3H2,1H3,(H,17,18). The van der Waals surface area contributed by atoms with Gasteiger partial charge in [-0.2, -0.15) is 0 Å². The molecule has 0 aliphatic carbocycles. The number of hydrogen-bond acceptors (Lipinski definition) is 4. The maximum atomic E-state index is 13.6. The number of halogens is 2. The fourth-order valence-electron chi connectivity index (χ4n) is 2.13. The number of benzene rings is 1.